The molecule has 1 fully saturated rings. The molecule has 0 N–H and O–H groups in total. The van der Waals surface area contributed by atoms with Crippen LogP contribution in [0.25, 0.3) is 10.2 Å². The summed E-state index contributed by atoms with van der Waals surface area (Å²) in [6, 6.07) is 13.6. The molecule has 31 heavy (non-hydrogen) atoms. The number of rotatable bonds is 6. The molecule has 0 saturated carbocycles. The van der Waals surface area contributed by atoms with Gasteiger partial charge >= 0.3 is 0 Å². The molecule has 9 heteroatoms. The summed E-state index contributed by atoms with van der Waals surface area (Å²) in [7, 11) is 3.54. The average molecular weight is 441 g/mol. The number of nitrogens with zero attached hydrogens (tertiary/aromatic N) is 4. The van der Waals surface area contributed by atoms with Crippen LogP contribution in [0.3, 0.4) is 0 Å². The van der Waals surface area contributed by atoms with Crippen LogP contribution < -0.4 is 14.3 Å². The fourth-order valence-electron chi connectivity index (χ4n) is 3.25. The molecule has 8 nitrogen and oxygen atoms in total. The lowest BCUT2D eigenvalue weighted by atomic mass is 10.2. The third-order valence-corrected chi connectivity index (χ3v) is 6.07. The molecule has 4 rings (SSSR count). The molecule has 1 saturated heterocycles. The van der Waals surface area contributed by atoms with Crippen LogP contribution in [0.15, 0.2) is 52.7 Å². The van der Waals surface area contributed by atoms with E-state index in [0.717, 1.165) is 20.6 Å². The number of morpholine rings is 1. The summed E-state index contributed by atoms with van der Waals surface area (Å²) in [6.45, 7) is 2.27. The van der Waals surface area contributed by atoms with Crippen molar-refractivity contribution in [2.24, 2.45) is 17.3 Å². The molecular weight excluding hydrogens is 416 g/mol. The van der Waals surface area contributed by atoms with Crippen molar-refractivity contribution in [2.75, 3.05) is 40.0 Å². The Balaban J connectivity index is 1.44. The maximum absolute atomic E-state index is 12.3. The van der Waals surface area contributed by atoms with Crippen LogP contribution in [0.2, 0.25) is 0 Å². The van der Waals surface area contributed by atoms with E-state index in [1.165, 1.54) is 0 Å². The number of ether oxygens (including phenoxy) is 3. The van der Waals surface area contributed by atoms with E-state index in [1.54, 1.807) is 41.7 Å². The SMILES string of the molecule is COc1cc(/C=N/N=c2\sc3ccccc3n2C)ccc1OCC(=O)N1CCOCC1. The summed E-state index contributed by atoms with van der Waals surface area (Å²) in [6.07, 6.45) is 1.66. The molecule has 0 unspecified atom stereocenters. The van der Waals surface area contributed by atoms with E-state index in [9.17, 15) is 4.79 Å². The normalized spacial score (nSPS) is 15.0. The first-order chi connectivity index (χ1) is 15.2. The maximum Gasteiger partial charge on any atom is 0.260 e. The predicted molar refractivity (Wildman–Crippen MR) is 120 cm³/mol. The monoisotopic (exact) mass is 440 g/mol. The number of thiazole rings is 1. The first kappa shape index (κ1) is 21.1. The summed E-state index contributed by atoms with van der Waals surface area (Å²) < 4.78 is 19.6. The molecule has 0 atom stereocenters. The van der Waals surface area contributed by atoms with Gasteiger partial charge in [-0.2, -0.15) is 5.10 Å². The lowest BCUT2D eigenvalue weighted by Crippen LogP contribution is -2.43. The molecule has 2 aromatic carbocycles. The van der Waals surface area contributed by atoms with E-state index in [1.807, 2.05) is 29.8 Å². The van der Waals surface area contributed by atoms with Crippen LogP contribution in [-0.4, -0.2) is 61.6 Å². The number of hydrogen-bond acceptors (Lipinski definition) is 7. The van der Waals surface area contributed by atoms with Gasteiger partial charge in [0.2, 0.25) is 4.80 Å². The Kier molecular flexibility index (Phi) is 6.63. The van der Waals surface area contributed by atoms with Crippen LogP contribution >= 0.6 is 11.3 Å². The fraction of sp³-hybridized carbons (Fsp3) is 0.318. The number of carbonyl (C=O) groups excluding carboxylic acids is 1. The number of aryl methyl sites for hydroxylation is 1. The van der Waals surface area contributed by atoms with Gasteiger partial charge in [-0.15, -0.1) is 5.10 Å². The van der Waals surface area contributed by atoms with Gasteiger partial charge in [-0.1, -0.05) is 23.5 Å². The van der Waals surface area contributed by atoms with E-state index in [-0.39, 0.29) is 12.5 Å². The summed E-state index contributed by atoms with van der Waals surface area (Å²) >= 11 is 1.58. The number of aromatic nitrogens is 1. The predicted octanol–water partition coefficient (Wildman–Crippen LogP) is 2.42. The summed E-state index contributed by atoms with van der Waals surface area (Å²) in [4.78, 5) is 14.8. The number of amides is 1. The van der Waals surface area contributed by atoms with E-state index in [2.05, 4.69) is 22.3 Å². The summed E-state index contributed by atoms with van der Waals surface area (Å²) in [5, 5.41) is 8.57. The van der Waals surface area contributed by atoms with Gasteiger partial charge in [0.1, 0.15) is 0 Å². The second-order valence-corrected chi connectivity index (χ2v) is 7.96. The third-order valence-electron chi connectivity index (χ3n) is 4.97. The number of hydrogen-bond donors (Lipinski definition) is 0. The van der Waals surface area contributed by atoms with Gasteiger partial charge in [-0.05, 0) is 35.9 Å². The topological polar surface area (TPSA) is 77.7 Å². The number of methoxy groups -OCH3 is 1. The number of para-hydroxylation sites is 1. The van der Waals surface area contributed by atoms with Crippen molar-refractivity contribution < 1.29 is 19.0 Å². The molecule has 0 spiro atoms. The molecule has 162 valence electrons. The first-order valence-corrected chi connectivity index (χ1v) is 10.8. The van der Waals surface area contributed by atoms with Gasteiger partial charge in [0.05, 0.1) is 36.8 Å². The Morgan fingerprint density at radius 3 is 2.77 bits per heavy atom. The van der Waals surface area contributed by atoms with Crippen molar-refractivity contribution in [1.29, 1.82) is 0 Å². The van der Waals surface area contributed by atoms with Crippen LogP contribution in [0.1, 0.15) is 5.56 Å². The van der Waals surface area contributed by atoms with Crippen molar-refractivity contribution in [2.45, 2.75) is 0 Å². The Morgan fingerprint density at radius 2 is 2.00 bits per heavy atom. The second kappa shape index (κ2) is 9.76. The molecule has 1 aromatic heterocycles. The molecular formula is C22H24N4O4S. The highest BCUT2D eigenvalue weighted by atomic mass is 32.1. The molecule has 2 heterocycles. The third kappa shape index (κ3) is 4.95. The fourth-order valence-corrected chi connectivity index (χ4v) is 4.23. The van der Waals surface area contributed by atoms with Gasteiger partial charge in [-0.3, -0.25) is 4.79 Å². The Morgan fingerprint density at radius 1 is 1.19 bits per heavy atom. The van der Waals surface area contributed by atoms with Crippen LogP contribution in [-0.2, 0) is 16.6 Å². The van der Waals surface area contributed by atoms with Crippen LogP contribution in [0.4, 0.5) is 0 Å². The Hall–Kier alpha value is -3.17. The molecule has 0 aliphatic carbocycles. The second-order valence-electron chi connectivity index (χ2n) is 6.95. The van der Waals surface area contributed by atoms with E-state index in [4.69, 9.17) is 14.2 Å². The van der Waals surface area contributed by atoms with Crippen molar-refractivity contribution in [1.82, 2.24) is 9.47 Å². The Labute approximate surface area is 184 Å². The van der Waals surface area contributed by atoms with Crippen molar-refractivity contribution in [3.63, 3.8) is 0 Å². The molecule has 0 bridgehead atoms. The van der Waals surface area contributed by atoms with Crippen LogP contribution in [0.5, 0.6) is 11.5 Å². The molecule has 3 aromatic rings. The highest BCUT2D eigenvalue weighted by Gasteiger charge is 2.18. The van der Waals surface area contributed by atoms with Gasteiger partial charge in [0.15, 0.2) is 18.1 Å². The smallest absolute Gasteiger partial charge is 0.260 e. The van der Waals surface area contributed by atoms with Crippen molar-refractivity contribution in [3.8, 4) is 11.5 Å². The zero-order chi connectivity index (χ0) is 21.6. The lowest BCUT2D eigenvalue weighted by molar-refractivity contribution is -0.137. The highest BCUT2D eigenvalue weighted by Crippen LogP contribution is 2.27. The van der Waals surface area contributed by atoms with E-state index < -0.39 is 0 Å². The van der Waals surface area contributed by atoms with Gasteiger partial charge in [0, 0.05) is 20.1 Å². The standard InChI is InChI=1S/C22H24N4O4S/c1-25-17-5-3-4-6-20(17)31-22(25)24-23-14-16-7-8-18(19(13-16)28-2)30-15-21(27)26-9-11-29-12-10-26/h3-8,13-14H,9-12,15H2,1-2H3/b23-14+,24-22-. The average Bonchev–Trinajstić information content (AvgIpc) is 3.14. The first-order valence-electron chi connectivity index (χ1n) is 9.93. The van der Waals surface area contributed by atoms with Crippen molar-refractivity contribution in [3.05, 3.63) is 52.8 Å². The largest absolute Gasteiger partial charge is 0.493 e. The number of benzene rings is 2. The zero-order valence-corrected chi connectivity index (χ0v) is 18.3. The van der Waals surface area contributed by atoms with E-state index >= 15 is 0 Å². The quantitative estimate of drug-likeness (QED) is 0.436. The van der Waals surface area contributed by atoms with Gasteiger partial charge < -0.3 is 23.7 Å². The van der Waals surface area contributed by atoms with Gasteiger partial charge in [0.25, 0.3) is 5.91 Å². The van der Waals surface area contributed by atoms with Crippen molar-refractivity contribution >= 4 is 33.7 Å². The minimum Gasteiger partial charge on any atom is -0.493 e. The lowest BCUT2D eigenvalue weighted by Gasteiger charge is -2.26. The minimum absolute atomic E-state index is 0.0401. The van der Waals surface area contributed by atoms with E-state index in [0.29, 0.717) is 37.8 Å². The zero-order valence-electron chi connectivity index (χ0n) is 17.5. The van der Waals surface area contributed by atoms with Crippen LogP contribution in [0, 0.1) is 0 Å². The highest BCUT2D eigenvalue weighted by molar-refractivity contribution is 7.16. The Bertz CT molecular complexity index is 1160. The molecule has 1 aliphatic heterocycles. The number of fused-ring (bicyclic) bond motifs is 1. The molecule has 0 radical (unpaired) electrons. The number of carbonyl (C=O) groups is 1. The summed E-state index contributed by atoms with van der Waals surface area (Å²) in [5.74, 6) is 0.978. The summed E-state index contributed by atoms with van der Waals surface area (Å²) in [5.41, 5.74) is 1.94. The molecule has 1 amide bonds. The maximum atomic E-state index is 12.3. The van der Waals surface area contributed by atoms with Gasteiger partial charge in [-0.25, -0.2) is 0 Å². The minimum atomic E-state index is -0.0639. The molecule has 1 aliphatic rings.